The van der Waals surface area contributed by atoms with Gasteiger partial charge in [0.05, 0.1) is 5.41 Å². The van der Waals surface area contributed by atoms with Gasteiger partial charge < -0.3 is 0 Å². The summed E-state index contributed by atoms with van der Waals surface area (Å²) in [5.74, 6) is 3.92. The van der Waals surface area contributed by atoms with Crippen LogP contribution in [0.4, 0.5) is 0 Å². The lowest BCUT2D eigenvalue weighted by molar-refractivity contribution is 0.768. The molecule has 0 atom stereocenters. The second-order valence-electron chi connectivity index (χ2n) is 28.3. The Bertz CT molecular complexity index is 7150. The maximum Gasteiger partial charge on any atom is 0.164 e. The molecule has 6 nitrogen and oxygen atoms in total. The molecule has 22 rings (SSSR count). The van der Waals surface area contributed by atoms with Gasteiger partial charge in [0.15, 0.2) is 34.9 Å². The molecular weight excluding hydrogens is 1390 g/mol. The van der Waals surface area contributed by atoms with Crippen molar-refractivity contribution >= 4 is 95.3 Å². The number of benzene rings is 17. The topological polar surface area (TPSA) is 77.3 Å². The monoisotopic (exact) mass is 1450 g/mol. The molecule has 111 heavy (non-hydrogen) atoms. The molecule has 21 aromatic rings. The van der Waals surface area contributed by atoms with Crippen LogP contribution in [-0.2, 0) is 5.41 Å². The van der Waals surface area contributed by atoms with Crippen LogP contribution in [0.1, 0.15) is 22.3 Å². The molecule has 0 bridgehead atoms. The SMILES string of the molecule is c1ccc(-c2ccc3sc4c(ccc5cccc(-c6nc(-c7ccccc7)nc(-c7ccc8c(c7)C(c7ccccc7)(c7ccccc7)c7ccccc7-8)n6)c54)c3c2)cc1.c1ccc(-c2cccc(-c3cccc4sc5c6cccc(-c7nc(-c8ccccc8)nc(-c8ccc9ccccc9c8)n7)c6ccc5c34)c2)cc1. The predicted molar refractivity (Wildman–Crippen MR) is 464 cm³/mol. The van der Waals surface area contributed by atoms with E-state index in [0.717, 1.165) is 54.9 Å². The maximum absolute atomic E-state index is 5.41. The predicted octanol–water partition coefficient (Wildman–Crippen LogP) is 27.3. The van der Waals surface area contributed by atoms with Crippen LogP contribution >= 0.6 is 22.7 Å². The lowest BCUT2D eigenvalue weighted by Gasteiger charge is -2.34. The van der Waals surface area contributed by atoms with Crippen LogP contribution in [-0.4, -0.2) is 29.9 Å². The van der Waals surface area contributed by atoms with Crippen LogP contribution < -0.4 is 0 Å². The van der Waals surface area contributed by atoms with E-state index in [1.807, 2.05) is 59.1 Å². The van der Waals surface area contributed by atoms with Gasteiger partial charge in [0.25, 0.3) is 0 Å². The molecule has 0 spiro atoms. The highest BCUT2D eigenvalue weighted by molar-refractivity contribution is 7.27. The summed E-state index contributed by atoms with van der Waals surface area (Å²) in [6.45, 7) is 0. The molecule has 518 valence electrons. The Hall–Kier alpha value is -14.0. The maximum atomic E-state index is 5.41. The van der Waals surface area contributed by atoms with Crippen LogP contribution in [0.3, 0.4) is 0 Å². The lowest BCUT2D eigenvalue weighted by Crippen LogP contribution is -2.28. The highest BCUT2D eigenvalue weighted by Gasteiger charge is 2.46. The second-order valence-corrected chi connectivity index (χ2v) is 30.4. The fourth-order valence-electron chi connectivity index (χ4n) is 16.8. The second kappa shape index (κ2) is 27.3. The Labute approximate surface area is 649 Å². The van der Waals surface area contributed by atoms with Crippen LogP contribution in [0.25, 0.3) is 185 Å². The van der Waals surface area contributed by atoms with Gasteiger partial charge in [-0.25, -0.2) is 29.9 Å². The molecule has 0 radical (unpaired) electrons. The van der Waals surface area contributed by atoms with E-state index in [1.54, 1.807) is 0 Å². The standard InChI is InChI=1S/C56H35N3S.C47H29N3S/c1-5-16-36(17-6-1)39-30-33-50-47(34-39)45-32-28-37-20-15-26-46(51(37)52(45)60-50)55-58-53(38-18-7-2-8-19-38)57-54(59-55)40-29-31-44-43-25-13-14-27-48(43)56(49(44)35-40,41-21-9-3-10-22-41)42-23-11-4-12-24-42;1-3-12-30(13-4-1)34-18-9-19-35(28-34)37-20-11-23-42-43(37)41-27-26-38-39(44(41)51-42)21-10-22-40(38)47-49-45(32-15-5-2-6-16-32)48-46(50-47)36-25-24-31-14-7-8-17-33(31)29-36/h1-35H;1-29H. The molecule has 1 aliphatic carbocycles. The Morgan fingerprint density at radius 1 is 0.189 bits per heavy atom. The molecule has 0 saturated carbocycles. The van der Waals surface area contributed by atoms with Crippen LogP contribution in [0.2, 0.25) is 0 Å². The van der Waals surface area contributed by atoms with Crippen molar-refractivity contribution in [2.75, 3.05) is 0 Å². The summed E-state index contributed by atoms with van der Waals surface area (Å²) >= 11 is 3.69. The zero-order valence-corrected chi connectivity index (χ0v) is 61.6. The van der Waals surface area contributed by atoms with Crippen LogP contribution in [0.5, 0.6) is 0 Å². The van der Waals surface area contributed by atoms with Crippen molar-refractivity contribution in [3.8, 4) is 113 Å². The van der Waals surface area contributed by atoms with Crippen molar-refractivity contribution in [1.82, 2.24) is 29.9 Å². The molecule has 0 aliphatic heterocycles. The van der Waals surface area contributed by atoms with E-state index in [2.05, 4.69) is 352 Å². The van der Waals surface area contributed by atoms with Crippen molar-refractivity contribution in [1.29, 1.82) is 0 Å². The van der Waals surface area contributed by atoms with Gasteiger partial charge in [-0.2, -0.15) is 0 Å². The molecule has 17 aromatic carbocycles. The van der Waals surface area contributed by atoms with E-state index >= 15 is 0 Å². The first-order valence-electron chi connectivity index (χ1n) is 37.5. The highest BCUT2D eigenvalue weighted by Crippen LogP contribution is 2.57. The summed E-state index contributed by atoms with van der Waals surface area (Å²) in [5, 5.41) is 12.0. The van der Waals surface area contributed by atoms with Crippen LogP contribution in [0.15, 0.2) is 388 Å². The quantitative estimate of drug-likeness (QED) is 0.128. The fourth-order valence-corrected chi connectivity index (χ4v) is 19.3. The van der Waals surface area contributed by atoms with Gasteiger partial charge in [-0.3, -0.25) is 0 Å². The molecule has 0 amide bonds. The molecule has 0 N–H and O–H groups in total. The molecule has 8 heteroatoms. The summed E-state index contributed by atoms with van der Waals surface area (Å²) in [5.41, 5.74) is 20.0. The van der Waals surface area contributed by atoms with E-state index in [1.165, 1.54) is 118 Å². The first-order chi connectivity index (χ1) is 55.0. The Morgan fingerprint density at radius 2 is 0.631 bits per heavy atom. The first-order valence-corrected chi connectivity index (χ1v) is 39.1. The molecular formula is C103H64N6S2. The van der Waals surface area contributed by atoms with Crippen molar-refractivity contribution in [2.24, 2.45) is 0 Å². The number of nitrogens with zero attached hydrogens (tertiary/aromatic N) is 6. The molecule has 4 heterocycles. The van der Waals surface area contributed by atoms with Crippen molar-refractivity contribution < 1.29 is 0 Å². The number of aromatic nitrogens is 6. The smallest absolute Gasteiger partial charge is 0.164 e. The number of fused-ring (bicyclic) bond motifs is 14. The van der Waals surface area contributed by atoms with E-state index < -0.39 is 5.41 Å². The average Bonchev–Trinajstić information content (AvgIpc) is 1.54. The van der Waals surface area contributed by atoms with Gasteiger partial charge in [0.1, 0.15) is 0 Å². The summed E-state index contributed by atoms with van der Waals surface area (Å²) in [7, 11) is 0. The van der Waals surface area contributed by atoms with Crippen LogP contribution in [0, 0.1) is 0 Å². The van der Waals surface area contributed by atoms with Gasteiger partial charge in [-0.15, -0.1) is 22.7 Å². The van der Waals surface area contributed by atoms with Gasteiger partial charge in [-0.05, 0) is 125 Å². The van der Waals surface area contributed by atoms with Crippen molar-refractivity contribution in [3.05, 3.63) is 411 Å². The van der Waals surface area contributed by atoms with Crippen molar-refractivity contribution in [2.45, 2.75) is 5.41 Å². The third-order valence-electron chi connectivity index (χ3n) is 21.9. The van der Waals surface area contributed by atoms with E-state index in [4.69, 9.17) is 29.9 Å². The van der Waals surface area contributed by atoms with Crippen molar-refractivity contribution in [3.63, 3.8) is 0 Å². The molecule has 0 unspecified atom stereocenters. The first kappa shape index (κ1) is 65.3. The minimum atomic E-state index is -0.536. The summed E-state index contributed by atoms with van der Waals surface area (Å²) in [6.07, 6.45) is 0. The Balaban J connectivity index is 0.000000142. The fraction of sp³-hybridized carbons (Fsp3) is 0.00971. The number of hydrogen-bond acceptors (Lipinski definition) is 8. The number of hydrogen-bond donors (Lipinski definition) is 0. The van der Waals surface area contributed by atoms with Gasteiger partial charge in [0.2, 0.25) is 0 Å². The van der Waals surface area contributed by atoms with E-state index in [9.17, 15) is 0 Å². The largest absolute Gasteiger partial charge is 0.208 e. The summed E-state index contributed by atoms with van der Waals surface area (Å²) in [4.78, 5) is 31.2. The van der Waals surface area contributed by atoms with Gasteiger partial charge in [0, 0.05) is 84.5 Å². The van der Waals surface area contributed by atoms with Gasteiger partial charge >= 0.3 is 0 Å². The molecule has 0 fully saturated rings. The normalized spacial score (nSPS) is 12.2. The minimum absolute atomic E-state index is 0.536. The summed E-state index contributed by atoms with van der Waals surface area (Å²) in [6, 6.07) is 138. The lowest BCUT2D eigenvalue weighted by atomic mass is 9.67. The Kier molecular flexibility index (Phi) is 16.1. The molecule has 1 aliphatic rings. The number of rotatable bonds is 11. The van der Waals surface area contributed by atoms with E-state index in [0.29, 0.717) is 34.9 Å². The highest BCUT2D eigenvalue weighted by atomic mass is 32.1. The average molecular weight is 1450 g/mol. The van der Waals surface area contributed by atoms with E-state index in [-0.39, 0.29) is 0 Å². The zero-order valence-electron chi connectivity index (χ0n) is 60.0. The summed E-state index contributed by atoms with van der Waals surface area (Å²) < 4.78 is 5.03. The number of thiophene rings is 2. The third-order valence-corrected chi connectivity index (χ3v) is 24.3. The van der Waals surface area contributed by atoms with Gasteiger partial charge in [-0.1, -0.05) is 352 Å². The molecule has 4 aromatic heterocycles. The minimum Gasteiger partial charge on any atom is -0.208 e. The Morgan fingerprint density at radius 3 is 1.32 bits per heavy atom. The zero-order chi connectivity index (χ0) is 73.4. The third kappa shape index (κ3) is 11.4. The molecule has 0 saturated heterocycles.